The minimum Gasteiger partial charge on any atom is -0.457 e. The van der Waals surface area contributed by atoms with Crippen molar-refractivity contribution in [3.8, 4) is 11.5 Å². The number of benzene rings is 1. The minimum absolute atomic E-state index is 0.0389. The molecule has 2 amide bonds. The molecule has 0 aliphatic heterocycles. The average molecular weight is 382 g/mol. The number of anilines is 1. The third-order valence-corrected chi connectivity index (χ3v) is 5.06. The van der Waals surface area contributed by atoms with Gasteiger partial charge < -0.3 is 21.1 Å². The average Bonchev–Trinajstić information content (AvgIpc) is 3.08. The SMILES string of the molecule is CNC(=O)c1cc(Oc2cc(NC(=O)C[C@@H]3CCC[C@H]3N)ccc2C)ccn1. The van der Waals surface area contributed by atoms with Crippen LogP contribution < -0.4 is 21.1 Å². The van der Waals surface area contributed by atoms with Crippen molar-refractivity contribution in [1.82, 2.24) is 10.3 Å². The molecule has 0 saturated heterocycles. The maximum absolute atomic E-state index is 12.4. The second-order valence-corrected chi connectivity index (χ2v) is 7.15. The Hall–Kier alpha value is -2.93. The Morgan fingerprint density at radius 1 is 1.25 bits per heavy atom. The van der Waals surface area contributed by atoms with Crippen LogP contribution in [0.25, 0.3) is 0 Å². The van der Waals surface area contributed by atoms with Crippen LogP contribution in [0.4, 0.5) is 5.69 Å². The predicted molar refractivity (Wildman–Crippen MR) is 107 cm³/mol. The molecule has 2 atom stereocenters. The molecule has 7 heteroatoms. The Bertz CT molecular complexity index is 868. The van der Waals surface area contributed by atoms with Gasteiger partial charge in [-0.2, -0.15) is 0 Å². The van der Waals surface area contributed by atoms with Crippen LogP contribution in [0.2, 0.25) is 0 Å². The number of aromatic nitrogens is 1. The van der Waals surface area contributed by atoms with Gasteiger partial charge in [0.05, 0.1) is 0 Å². The second kappa shape index (κ2) is 8.84. The molecule has 148 valence electrons. The monoisotopic (exact) mass is 382 g/mol. The van der Waals surface area contributed by atoms with Crippen molar-refractivity contribution in [2.24, 2.45) is 11.7 Å². The van der Waals surface area contributed by atoms with Crippen molar-refractivity contribution in [1.29, 1.82) is 0 Å². The molecule has 1 aromatic carbocycles. The summed E-state index contributed by atoms with van der Waals surface area (Å²) in [5.74, 6) is 1.03. The number of hydrogen-bond donors (Lipinski definition) is 3. The smallest absolute Gasteiger partial charge is 0.269 e. The summed E-state index contributed by atoms with van der Waals surface area (Å²) < 4.78 is 5.93. The molecule has 0 radical (unpaired) electrons. The van der Waals surface area contributed by atoms with Crippen molar-refractivity contribution in [2.45, 2.75) is 38.6 Å². The molecule has 3 rings (SSSR count). The Kier molecular flexibility index (Phi) is 6.26. The summed E-state index contributed by atoms with van der Waals surface area (Å²) in [6, 6.07) is 8.87. The number of hydrogen-bond acceptors (Lipinski definition) is 5. The molecule has 4 N–H and O–H groups in total. The molecule has 1 fully saturated rings. The summed E-state index contributed by atoms with van der Waals surface area (Å²) in [5, 5.41) is 5.46. The van der Waals surface area contributed by atoms with Crippen molar-refractivity contribution >= 4 is 17.5 Å². The van der Waals surface area contributed by atoms with Crippen LogP contribution in [0.3, 0.4) is 0 Å². The summed E-state index contributed by atoms with van der Waals surface area (Å²) in [6.45, 7) is 1.92. The number of nitrogens with two attached hydrogens (primary N) is 1. The topological polar surface area (TPSA) is 106 Å². The molecule has 0 spiro atoms. The van der Waals surface area contributed by atoms with Crippen LogP contribution in [0.5, 0.6) is 11.5 Å². The fourth-order valence-corrected chi connectivity index (χ4v) is 3.41. The first kappa shape index (κ1) is 19.8. The molecular formula is C21H26N4O3. The maximum Gasteiger partial charge on any atom is 0.269 e. The van der Waals surface area contributed by atoms with Gasteiger partial charge in [0.25, 0.3) is 5.91 Å². The largest absolute Gasteiger partial charge is 0.457 e. The first-order valence-corrected chi connectivity index (χ1v) is 9.48. The fourth-order valence-electron chi connectivity index (χ4n) is 3.41. The molecule has 1 saturated carbocycles. The summed E-state index contributed by atoms with van der Waals surface area (Å²) in [4.78, 5) is 28.1. The van der Waals surface area contributed by atoms with Crippen LogP contribution in [0.1, 0.15) is 41.7 Å². The van der Waals surface area contributed by atoms with Gasteiger partial charge in [0, 0.05) is 43.5 Å². The van der Waals surface area contributed by atoms with Gasteiger partial charge in [-0.3, -0.25) is 14.6 Å². The number of amides is 2. The lowest BCUT2D eigenvalue weighted by Crippen LogP contribution is -2.28. The molecule has 0 unspecified atom stereocenters. The molecule has 1 aliphatic carbocycles. The zero-order valence-corrected chi connectivity index (χ0v) is 16.2. The van der Waals surface area contributed by atoms with Gasteiger partial charge in [-0.15, -0.1) is 0 Å². The maximum atomic E-state index is 12.4. The van der Waals surface area contributed by atoms with E-state index >= 15 is 0 Å². The molecule has 7 nitrogen and oxygen atoms in total. The summed E-state index contributed by atoms with van der Waals surface area (Å²) in [7, 11) is 1.55. The lowest BCUT2D eigenvalue weighted by atomic mass is 10.00. The van der Waals surface area contributed by atoms with E-state index in [0.717, 1.165) is 24.8 Å². The Labute approximate surface area is 164 Å². The van der Waals surface area contributed by atoms with E-state index < -0.39 is 0 Å². The van der Waals surface area contributed by atoms with Gasteiger partial charge in [0.15, 0.2) is 0 Å². The Morgan fingerprint density at radius 2 is 2.07 bits per heavy atom. The van der Waals surface area contributed by atoms with Gasteiger partial charge in [-0.1, -0.05) is 12.5 Å². The Balaban J connectivity index is 1.69. The van der Waals surface area contributed by atoms with E-state index in [1.807, 2.05) is 19.1 Å². The van der Waals surface area contributed by atoms with E-state index in [4.69, 9.17) is 10.5 Å². The number of aryl methyl sites for hydroxylation is 1. The first-order valence-electron chi connectivity index (χ1n) is 9.48. The van der Waals surface area contributed by atoms with E-state index in [-0.39, 0.29) is 29.5 Å². The highest BCUT2D eigenvalue weighted by Crippen LogP contribution is 2.30. The van der Waals surface area contributed by atoms with Gasteiger partial charge in [-0.05, 0) is 43.4 Å². The number of carbonyl (C=O) groups excluding carboxylic acids is 2. The van der Waals surface area contributed by atoms with Crippen molar-refractivity contribution in [3.63, 3.8) is 0 Å². The molecule has 1 aliphatic rings. The van der Waals surface area contributed by atoms with Crippen molar-refractivity contribution in [3.05, 3.63) is 47.8 Å². The Morgan fingerprint density at radius 3 is 2.79 bits per heavy atom. The highest BCUT2D eigenvalue weighted by atomic mass is 16.5. The van der Waals surface area contributed by atoms with Gasteiger partial charge in [0.2, 0.25) is 5.91 Å². The van der Waals surface area contributed by atoms with Gasteiger partial charge in [-0.25, -0.2) is 0 Å². The summed E-state index contributed by atoms with van der Waals surface area (Å²) in [5.41, 5.74) is 7.91. The summed E-state index contributed by atoms with van der Waals surface area (Å²) in [6.07, 6.45) is 5.04. The number of carbonyl (C=O) groups is 2. The number of nitrogens with zero attached hydrogens (tertiary/aromatic N) is 1. The van der Waals surface area contributed by atoms with Crippen LogP contribution in [-0.4, -0.2) is 29.9 Å². The zero-order chi connectivity index (χ0) is 20.1. The lowest BCUT2D eigenvalue weighted by Gasteiger charge is -2.16. The molecule has 1 heterocycles. The number of ether oxygens (including phenoxy) is 1. The number of pyridine rings is 1. The lowest BCUT2D eigenvalue weighted by molar-refractivity contribution is -0.117. The fraction of sp³-hybridized carbons (Fsp3) is 0.381. The molecule has 2 aromatic rings. The van der Waals surface area contributed by atoms with Crippen LogP contribution in [-0.2, 0) is 4.79 Å². The van der Waals surface area contributed by atoms with E-state index in [0.29, 0.717) is 23.6 Å². The van der Waals surface area contributed by atoms with E-state index in [1.54, 1.807) is 25.2 Å². The third kappa shape index (κ3) is 4.86. The number of nitrogens with one attached hydrogen (secondary N) is 2. The molecule has 0 bridgehead atoms. The zero-order valence-electron chi connectivity index (χ0n) is 16.2. The second-order valence-electron chi connectivity index (χ2n) is 7.15. The van der Waals surface area contributed by atoms with Crippen molar-refractivity contribution in [2.75, 3.05) is 12.4 Å². The molecule has 1 aromatic heterocycles. The van der Waals surface area contributed by atoms with Crippen LogP contribution in [0, 0.1) is 12.8 Å². The van der Waals surface area contributed by atoms with Gasteiger partial charge >= 0.3 is 0 Å². The van der Waals surface area contributed by atoms with E-state index in [9.17, 15) is 9.59 Å². The predicted octanol–water partition coefficient (Wildman–Crippen LogP) is 3.00. The van der Waals surface area contributed by atoms with Crippen LogP contribution in [0.15, 0.2) is 36.5 Å². The highest BCUT2D eigenvalue weighted by Gasteiger charge is 2.26. The van der Waals surface area contributed by atoms with Crippen LogP contribution >= 0.6 is 0 Å². The van der Waals surface area contributed by atoms with Crippen molar-refractivity contribution < 1.29 is 14.3 Å². The molecular weight excluding hydrogens is 356 g/mol. The minimum atomic E-state index is -0.284. The summed E-state index contributed by atoms with van der Waals surface area (Å²) >= 11 is 0. The van der Waals surface area contributed by atoms with E-state index in [1.165, 1.54) is 6.20 Å². The standard InChI is InChI=1S/C21H26N4O3/c1-13-6-7-15(25-20(26)10-14-4-3-5-17(14)22)11-19(13)28-16-8-9-24-18(12-16)21(27)23-2/h6-9,11-12,14,17H,3-5,10,22H2,1-2H3,(H,23,27)(H,25,26)/t14-,17+/m0/s1. The van der Waals surface area contributed by atoms with Gasteiger partial charge in [0.1, 0.15) is 17.2 Å². The quantitative estimate of drug-likeness (QED) is 0.712. The van der Waals surface area contributed by atoms with E-state index in [2.05, 4.69) is 15.6 Å². The molecule has 28 heavy (non-hydrogen) atoms. The first-order chi connectivity index (χ1) is 13.5. The number of rotatable bonds is 6. The normalized spacial score (nSPS) is 18.5. The highest BCUT2D eigenvalue weighted by molar-refractivity contribution is 5.92. The third-order valence-electron chi connectivity index (χ3n) is 5.06.